The molecule has 7 heteroatoms. The van der Waals surface area contributed by atoms with Crippen LogP contribution in [0.4, 0.5) is 18.9 Å². The first-order chi connectivity index (χ1) is 10.9. The molecule has 0 saturated heterocycles. The van der Waals surface area contributed by atoms with E-state index < -0.39 is 12.1 Å². The number of benzene rings is 2. The third-order valence-electron chi connectivity index (χ3n) is 3.96. The van der Waals surface area contributed by atoms with Crippen molar-refractivity contribution in [3.63, 3.8) is 0 Å². The van der Waals surface area contributed by atoms with Gasteiger partial charge in [-0.05, 0) is 35.1 Å². The zero-order chi connectivity index (χ0) is 16.8. The van der Waals surface area contributed by atoms with Gasteiger partial charge in [0.2, 0.25) is 0 Å². The molecular formula is C16H10ClF3N2O. The van der Waals surface area contributed by atoms with Crippen LogP contribution in [0, 0.1) is 11.3 Å². The third kappa shape index (κ3) is 2.41. The highest BCUT2D eigenvalue weighted by molar-refractivity contribution is 6.18. The maximum Gasteiger partial charge on any atom is 0.471 e. The lowest BCUT2D eigenvalue weighted by Gasteiger charge is -2.20. The summed E-state index contributed by atoms with van der Waals surface area (Å²) in [4.78, 5) is 12.3. The first kappa shape index (κ1) is 15.6. The van der Waals surface area contributed by atoms with Crippen molar-refractivity contribution in [1.82, 2.24) is 0 Å². The van der Waals surface area contributed by atoms with Gasteiger partial charge in [0.1, 0.15) is 0 Å². The standard InChI is InChI=1S/C16H10ClF3N2O/c17-7-10-6-13-11(4-5-22(13)15(23)16(18,19)20)12-3-1-2-9(8-21)14(10)12/h1-3,6H,4-5,7H2. The maximum atomic E-state index is 12.7. The molecule has 0 bridgehead atoms. The van der Waals surface area contributed by atoms with E-state index in [0.29, 0.717) is 33.9 Å². The van der Waals surface area contributed by atoms with E-state index in [9.17, 15) is 23.2 Å². The van der Waals surface area contributed by atoms with E-state index >= 15 is 0 Å². The number of carbonyl (C=O) groups excluding carboxylic acids is 1. The van der Waals surface area contributed by atoms with Crippen molar-refractivity contribution in [2.75, 3.05) is 11.4 Å². The topological polar surface area (TPSA) is 44.1 Å². The fraction of sp³-hybridized carbons (Fsp3) is 0.250. The number of anilines is 1. The number of nitriles is 1. The molecule has 23 heavy (non-hydrogen) atoms. The van der Waals surface area contributed by atoms with Crippen LogP contribution in [0.5, 0.6) is 0 Å². The minimum absolute atomic E-state index is 0.0364. The summed E-state index contributed by atoms with van der Waals surface area (Å²) in [6, 6.07) is 8.62. The largest absolute Gasteiger partial charge is 0.471 e. The molecule has 0 spiro atoms. The molecule has 1 aliphatic rings. The second-order valence-corrected chi connectivity index (χ2v) is 5.48. The minimum Gasteiger partial charge on any atom is -0.304 e. The average molecular weight is 339 g/mol. The van der Waals surface area contributed by atoms with Crippen LogP contribution in [0.2, 0.25) is 0 Å². The van der Waals surface area contributed by atoms with Crippen LogP contribution >= 0.6 is 11.6 Å². The smallest absolute Gasteiger partial charge is 0.304 e. The van der Waals surface area contributed by atoms with Crippen LogP contribution in [0.15, 0.2) is 24.3 Å². The number of fused-ring (bicyclic) bond motifs is 3. The zero-order valence-electron chi connectivity index (χ0n) is 11.7. The average Bonchev–Trinajstić information content (AvgIpc) is 2.95. The molecule has 0 fully saturated rings. The summed E-state index contributed by atoms with van der Waals surface area (Å²) in [5.74, 6) is -1.84. The summed E-state index contributed by atoms with van der Waals surface area (Å²) in [6.07, 6.45) is -4.61. The van der Waals surface area contributed by atoms with Gasteiger partial charge < -0.3 is 4.90 Å². The Morgan fingerprint density at radius 1 is 1.39 bits per heavy atom. The Balaban J connectivity index is 2.27. The van der Waals surface area contributed by atoms with Crippen molar-refractivity contribution < 1.29 is 18.0 Å². The lowest BCUT2D eigenvalue weighted by molar-refractivity contribution is -0.170. The summed E-state index contributed by atoms with van der Waals surface area (Å²) >= 11 is 5.92. The van der Waals surface area contributed by atoms with Gasteiger partial charge in [-0.1, -0.05) is 12.1 Å². The molecule has 0 N–H and O–H groups in total. The van der Waals surface area contributed by atoms with Gasteiger partial charge in [-0.2, -0.15) is 18.4 Å². The van der Waals surface area contributed by atoms with Crippen molar-refractivity contribution >= 4 is 34.0 Å². The Morgan fingerprint density at radius 2 is 2.13 bits per heavy atom. The molecule has 0 aromatic heterocycles. The highest BCUT2D eigenvalue weighted by Gasteiger charge is 2.45. The van der Waals surface area contributed by atoms with E-state index in [1.807, 2.05) is 0 Å². The summed E-state index contributed by atoms with van der Waals surface area (Å²) in [6.45, 7) is -0.0364. The van der Waals surface area contributed by atoms with Crippen LogP contribution < -0.4 is 4.90 Å². The van der Waals surface area contributed by atoms with E-state index in [-0.39, 0.29) is 18.1 Å². The number of hydrogen-bond donors (Lipinski definition) is 0. The molecule has 1 amide bonds. The molecule has 0 saturated carbocycles. The van der Waals surface area contributed by atoms with Gasteiger partial charge in [-0.15, -0.1) is 11.6 Å². The highest BCUT2D eigenvalue weighted by Crippen LogP contribution is 2.39. The van der Waals surface area contributed by atoms with Gasteiger partial charge in [0.05, 0.1) is 11.6 Å². The predicted molar refractivity (Wildman–Crippen MR) is 80.3 cm³/mol. The highest BCUT2D eigenvalue weighted by atomic mass is 35.5. The Hall–Kier alpha value is -2.26. The minimum atomic E-state index is -4.92. The molecular weight excluding hydrogens is 329 g/mol. The number of rotatable bonds is 1. The lowest BCUT2D eigenvalue weighted by Crippen LogP contribution is -2.40. The van der Waals surface area contributed by atoms with Crippen molar-refractivity contribution in [2.45, 2.75) is 18.5 Å². The van der Waals surface area contributed by atoms with E-state index in [1.54, 1.807) is 18.2 Å². The molecule has 3 rings (SSSR count). The molecule has 0 aliphatic carbocycles. The second kappa shape index (κ2) is 5.43. The SMILES string of the molecule is N#Cc1cccc2c3c(cc(CCl)c12)N(C(=O)C(F)(F)F)CC3. The van der Waals surface area contributed by atoms with Gasteiger partial charge in [0.25, 0.3) is 0 Å². The zero-order valence-corrected chi connectivity index (χ0v) is 12.5. The predicted octanol–water partition coefficient (Wildman–Crippen LogP) is 3.90. The van der Waals surface area contributed by atoms with Crippen LogP contribution in [0.3, 0.4) is 0 Å². The van der Waals surface area contributed by atoms with Crippen LogP contribution in [0.1, 0.15) is 16.7 Å². The third-order valence-corrected chi connectivity index (χ3v) is 4.25. The molecule has 0 radical (unpaired) electrons. The van der Waals surface area contributed by atoms with E-state index in [4.69, 9.17) is 11.6 Å². The monoisotopic (exact) mass is 338 g/mol. The number of alkyl halides is 4. The van der Waals surface area contributed by atoms with Crippen LogP contribution in [0.25, 0.3) is 10.8 Å². The number of nitrogens with zero attached hydrogens (tertiary/aromatic N) is 2. The molecule has 3 nitrogen and oxygen atoms in total. The fourth-order valence-electron chi connectivity index (χ4n) is 3.02. The van der Waals surface area contributed by atoms with Gasteiger partial charge in [0, 0.05) is 23.5 Å². The van der Waals surface area contributed by atoms with Gasteiger partial charge in [0.15, 0.2) is 0 Å². The number of hydrogen-bond acceptors (Lipinski definition) is 2. The van der Waals surface area contributed by atoms with Crippen LogP contribution in [-0.2, 0) is 17.1 Å². The van der Waals surface area contributed by atoms with E-state index in [2.05, 4.69) is 6.07 Å². The van der Waals surface area contributed by atoms with Gasteiger partial charge in [-0.3, -0.25) is 4.79 Å². The normalized spacial score (nSPS) is 14.0. The van der Waals surface area contributed by atoms with E-state index in [0.717, 1.165) is 4.90 Å². The maximum absolute atomic E-state index is 12.7. The number of amides is 1. The second-order valence-electron chi connectivity index (χ2n) is 5.21. The summed E-state index contributed by atoms with van der Waals surface area (Å²) in [7, 11) is 0. The quantitative estimate of drug-likeness (QED) is 0.740. The fourth-order valence-corrected chi connectivity index (χ4v) is 3.23. The molecule has 2 aromatic rings. The number of carbonyl (C=O) groups is 1. The molecule has 118 valence electrons. The Kier molecular flexibility index (Phi) is 3.69. The summed E-state index contributed by atoms with van der Waals surface area (Å²) < 4.78 is 38.2. The van der Waals surface area contributed by atoms with Gasteiger partial charge in [-0.25, -0.2) is 0 Å². The van der Waals surface area contributed by atoms with E-state index in [1.165, 1.54) is 6.07 Å². The summed E-state index contributed by atoms with van der Waals surface area (Å²) in [5, 5.41) is 10.6. The Morgan fingerprint density at radius 3 is 2.74 bits per heavy atom. The molecule has 1 aliphatic heterocycles. The number of halogens is 4. The summed E-state index contributed by atoms with van der Waals surface area (Å²) in [5.41, 5.74) is 1.83. The van der Waals surface area contributed by atoms with Crippen molar-refractivity contribution in [3.05, 3.63) is 41.0 Å². The first-order valence-electron chi connectivity index (χ1n) is 6.80. The molecule has 0 atom stereocenters. The van der Waals surface area contributed by atoms with Crippen LogP contribution in [-0.4, -0.2) is 18.6 Å². The Labute approximate surface area is 134 Å². The molecule has 1 heterocycles. The van der Waals surface area contributed by atoms with Gasteiger partial charge >= 0.3 is 12.1 Å². The van der Waals surface area contributed by atoms with Crippen molar-refractivity contribution in [3.8, 4) is 6.07 Å². The first-order valence-corrected chi connectivity index (χ1v) is 7.34. The Bertz CT molecular complexity index is 855. The van der Waals surface area contributed by atoms with Crippen molar-refractivity contribution in [1.29, 1.82) is 5.26 Å². The molecule has 2 aromatic carbocycles. The lowest BCUT2D eigenvalue weighted by atomic mass is 9.95. The molecule has 0 unspecified atom stereocenters. The van der Waals surface area contributed by atoms with Crippen molar-refractivity contribution in [2.24, 2.45) is 0 Å².